The van der Waals surface area contributed by atoms with Crippen LogP contribution in [-0.2, 0) is 7.05 Å². The molecule has 2 aromatic heterocycles. The van der Waals surface area contributed by atoms with Crippen molar-refractivity contribution in [1.82, 2.24) is 4.57 Å². The van der Waals surface area contributed by atoms with Crippen LogP contribution in [0.4, 0.5) is 38.6 Å². The van der Waals surface area contributed by atoms with Gasteiger partial charge in [0.2, 0.25) is 0 Å². The lowest BCUT2D eigenvalue weighted by molar-refractivity contribution is 0.628. The van der Waals surface area contributed by atoms with Crippen LogP contribution in [0.15, 0.2) is 140 Å². The Morgan fingerprint density at radius 2 is 1.28 bits per heavy atom. The third-order valence-corrected chi connectivity index (χ3v) is 12.0. The summed E-state index contributed by atoms with van der Waals surface area (Å²) in [6.45, 7) is 2.13. The predicted molar refractivity (Wildman–Crippen MR) is 212 cm³/mol. The third kappa shape index (κ3) is 3.69. The van der Waals surface area contributed by atoms with Crippen molar-refractivity contribution in [2.45, 2.75) is 6.92 Å². The fraction of sp³-hybridized carbons (Fsp3) is 0.0455. The van der Waals surface area contributed by atoms with Crippen molar-refractivity contribution in [2.24, 2.45) is 7.05 Å². The number of rotatable bonds is 2. The highest BCUT2D eigenvalue weighted by Gasteiger charge is 2.46. The molecule has 0 amide bonds. The lowest BCUT2D eigenvalue weighted by Gasteiger charge is -2.43. The Morgan fingerprint density at radius 3 is 2.08 bits per heavy atom. The van der Waals surface area contributed by atoms with E-state index in [1.807, 2.05) is 23.5 Å². The van der Waals surface area contributed by atoms with Crippen LogP contribution in [0.25, 0.3) is 41.8 Å². The van der Waals surface area contributed by atoms with Crippen molar-refractivity contribution in [3.05, 3.63) is 151 Å². The van der Waals surface area contributed by atoms with Gasteiger partial charge in [-0.05, 0) is 106 Å². The number of para-hydroxylation sites is 1. The smallest absolute Gasteiger partial charge is 0.255 e. The summed E-state index contributed by atoms with van der Waals surface area (Å²) in [6.07, 6.45) is 0. The van der Waals surface area contributed by atoms with Gasteiger partial charge in [-0.25, -0.2) is 4.39 Å². The number of aryl methyl sites for hydroxylation is 2. The molecule has 0 unspecified atom stereocenters. The molecule has 0 radical (unpaired) electrons. The molecule has 4 heterocycles. The van der Waals surface area contributed by atoms with Crippen LogP contribution in [-0.4, -0.2) is 11.3 Å². The minimum Gasteiger partial charge on any atom is -0.330 e. The quantitative estimate of drug-likeness (QED) is 0.171. The first-order valence-corrected chi connectivity index (χ1v) is 17.9. The Labute approximate surface area is 293 Å². The van der Waals surface area contributed by atoms with Crippen LogP contribution < -0.4 is 26.2 Å². The zero-order valence-electron chi connectivity index (χ0n) is 27.5. The summed E-state index contributed by atoms with van der Waals surface area (Å²) in [5, 5.41) is 6.26. The molecule has 236 valence electrons. The lowest BCUT2D eigenvalue weighted by atomic mass is 9.33. The zero-order chi connectivity index (χ0) is 33.2. The molecule has 0 N–H and O–H groups in total. The molecule has 7 aromatic carbocycles. The molecule has 2 aliphatic rings. The van der Waals surface area contributed by atoms with Gasteiger partial charge in [0.25, 0.3) is 6.71 Å². The second-order valence-electron chi connectivity index (χ2n) is 13.6. The molecule has 0 atom stereocenters. The van der Waals surface area contributed by atoms with Gasteiger partial charge in [0, 0.05) is 50.8 Å². The van der Waals surface area contributed by atoms with E-state index in [0.29, 0.717) is 0 Å². The molecular weight excluding hydrogens is 632 g/mol. The molecule has 0 bridgehead atoms. The molecule has 11 rings (SSSR count). The fourth-order valence-corrected chi connectivity index (χ4v) is 9.96. The Bertz CT molecular complexity index is 2870. The van der Waals surface area contributed by atoms with Gasteiger partial charge >= 0.3 is 0 Å². The van der Waals surface area contributed by atoms with E-state index in [-0.39, 0.29) is 12.5 Å². The van der Waals surface area contributed by atoms with Gasteiger partial charge in [-0.1, -0.05) is 78.4 Å². The van der Waals surface area contributed by atoms with Crippen LogP contribution in [0.3, 0.4) is 0 Å². The molecule has 0 saturated carbocycles. The summed E-state index contributed by atoms with van der Waals surface area (Å²) in [6, 6.07) is 49.4. The monoisotopic (exact) mass is 661 g/mol. The molecule has 0 spiro atoms. The van der Waals surface area contributed by atoms with Gasteiger partial charge < -0.3 is 9.47 Å². The maximum absolute atomic E-state index is 14.5. The largest absolute Gasteiger partial charge is 0.330 e. The maximum atomic E-state index is 14.5. The molecule has 2 aliphatic heterocycles. The van der Waals surface area contributed by atoms with Gasteiger partial charge in [0.15, 0.2) is 0 Å². The molecule has 0 saturated heterocycles. The van der Waals surface area contributed by atoms with E-state index in [0.717, 1.165) is 22.7 Å². The predicted octanol–water partition coefficient (Wildman–Crippen LogP) is 10.2. The second kappa shape index (κ2) is 10.1. The van der Waals surface area contributed by atoms with E-state index in [1.54, 1.807) is 12.1 Å². The van der Waals surface area contributed by atoms with E-state index < -0.39 is 0 Å². The summed E-state index contributed by atoms with van der Waals surface area (Å²) >= 11 is 1.86. The summed E-state index contributed by atoms with van der Waals surface area (Å²) in [5.41, 5.74) is 11.8. The highest BCUT2D eigenvalue weighted by atomic mass is 32.1. The molecule has 9 aromatic rings. The number of thiophene rings is 1. The van der Waals surface area contributed by atoms with Gasteiger partial charge in [-0.3, -0.25) is 4.90 Å². The normalized spacial score (nSPS) is 13.4. The number of fused-ring (bicyclic) bond motifs is 11. The van der Waals surface area contributed by atoms with Crippen LogP contribution in [0.5, 0.6) is 0 Å². The lowest BCUT2D eigenvalue weighted by Crippen LogP contribution is -2.61. The molecule has 50 heavy (non-hydrogen) atoms. The first kappa shape index (κ1) is 28.0. The van der Waals surface area contributed by atoms with Crippen LogP contribution in [0.2, 0.25) is 0 Å². The number of nitrogens with zero attached hydrogens (tertiary/aromatic N) is 3. The molecule has 6 heteroatoms. The second-order valence-corrected chi connectivity index (χ2v) is 14.7. The maximum Gasteiger partial charge on any atom is 0.255 e. The summed E-state index contributed by atoms with van der Waals surface area (Å²) in [4.78, 5) is 4.84. The average Bonchev–Trinajstić information content (AvgIpc) is 3.66. The first-order chi connectivity index (χ1) is 24.5. The summed E-state index contributed by atoms with van der Waals surface area (Å²) in [7, 11) is 2.20. The number of hydrogen-bond donors (Lipinski definition) is 0. The van der Waals surface area contributed by atoms with E-state index in [1.165, 1.54) is 75.3 Å². The van der Waals surface area contributed by atoms with Gasteiger partial charge in [-0.2, -0.15) is 0 Å². The highest BCUT2D eigenvalue weighted by Crippen LogP contribution is 2.49. The highest BCUT2D eigenvalue weighted by molar-refractivity contribution is 7.26. The van der Waals surface area contributed by atoms with Crippen molar-refractivity contribution in [2.75, 3.05) is 9.80 Å². The van der Waals surface area contributed by atoms with E-state index in [2.05, 4.69) is 144 Å². The van der Waals surface area contributed by atoms with Crippen LogP contribution in [0, 0.1) is 12.7 Å². The van der Waals surface area contributed by atoms with Crippen molar-refractivity contribution in [3.8, 4) is 0 Å². The number of anilines is 6. The minimum absolute atomic E-state index is 0.00983. The van der Waals surface area contributed by atoms with Crippen molar-refractivity contribution in [3.63, 3.8) is 0 Å². The molecule has 3 nitrogen and oxygen atoms in total. The third-order valence-electron chi connectivity index (χ3n) is 10.9. The Balaban J connectivity index is 1.30. The van der Waals surface area contributed by atoms with Crippen LogP contribution >= 0.6 is 11.3 Å². The Hall–Kier alpha value is -5.85. The number of aromatic nitrogens is 1. The molecule has 0 fully saturated rings. The minimum atomic E-state index is -0.239. The molecular formula is C44H29BFN3S. The van der Waals surface area contributed by atoms with Crippen molar-refractivity contribution < 1.29 is 4.39 Å². The van der Waals surface area contributed by atoms with E-state index in [4.69, 9.17) is 0 Å². The standard InChI is InChI=1S/C44H29BFN3S/c1-26-14-18-31(19-15-26)49-38-13-7-12-37-41(38)45(40-33-10-5-6-11-36(33)47(2)44(40)49)35-23-22-32-34-24-27-8-3-4-9-28(27)25-39(34)50-43(32)42(35)48(37)30-20-16-29(46)17-21-30/h3-25H,1-2H3. The van der Waals surface area contributed by atoms with E-state index >= 15 is 0 Å². The van der Waals surface area contributed by atoms with E-state index in [9.17, 15) is 4.39 Å². The average molecular weight is 662 g/mol. The summed E-state index contributed by atoms with van der Waals surface area (Å²) < 4.78 is 19.4. The van der Waals surface area contributed by atoms with Gasteiger partial charge in [0.05, 0.1) is 10.4 Å². The Kier molecular flexibility index (Phi) is 5.66. The number of hydrogen-bond acceptors (Lipinski definition) is 3. The Morgan fingerprint density at radius 1 is 0.600 bits per heavy atom. The van der Waals surface area contributed by atoms with Gasteiger partial charge in [-0.15, -0.1) is 11.3 Å². The van der Waals surface area contributed by atoms with Crippen molar-refractivity contribution >= 4 is 111 Å². The first-order valence-electron chi connectivity index (χ1n) is 17.1. The zero-order valence-corrected chi connectivity index (χ0v) is 28.3. The van der Waals surface area contributed by atoms with Crippen LogP contribution in [0.1, 0.15) is 5.56 Å². The van der Waals surface area contributed by atoms with Crippen molar-refractivity contribution in [1.29, 1.82) is 0 Å². The topological polar surface area (TPSA) is 11.4 Å². The van der Waals surface area contributed by atoms with Gasteiger partial charge in [0.1, 0.15) is 11.6 Å². The number of halogens is 1. The number of benzene rings is 7. The summed E-state index contributed by atoms with van der Waals surface area (Å²) in [5.74, 6) is 0.949. The fourth-order valence-electron chi connectivity index (χ4n) is 8.68. The SMILES string of the molecule is Cc1ccc(N2c3cccc4c3B(c3ccc5c(sc6cc7ccccc7cc65)c3N4c3ccc(F)cc3)c3c2n(C)c2ccccc32)cc1. The molecule has 0 aliphatic carbocycles.